The van der Waals surface area contributed by atoms with Gasteiger partial charge in [-0.25, -0.2) is 22.5 Å². The minimum atomic E-state index is -3.52. The molecule has 4 rings (SSSR count). The molecule has 2 heterocycles. The van der Waals surface area contributed by atoms with E-state index >= 15 is 0 Å². The Hall–Kier alpha value is -3.53. The highest BCUT2D eigenvalue weighted by atomic mass is 19.3. The molecular formula is C22H17F4N3O3. The molecule has 0 saturated carbocycles. The highest BCUT2D eigenvalue weighted by Crippen LogP contribution is 2.36. The summed E-state index contributed by atoms with van der Waals surface area (Å²) in [5, 5.41) is 14.1. The second-order valence-electron chi connectivity index (χ2n) is 7.17. The molecule has 0 radical (unpaired) electrons. The van der Waals surface area contributed by atoms with Crippen LogP contribution in [0, 0.1) is 0 Å². The lowest BCUT2D eigenvalue weighted by Crippen LogP contribution is -2.51. The fourth-order valence-corrected chi connectivity index (χ4v) is 3.50. The molecule has 1 unspecified atom stereocenters. The summed E-state index contributed by atoms with van der Waals surface area (Å²) in [5.41, 5.74) is -3.02. The van der Waals surface area contributed by atoms with Gasteiger partial charge in [0.2, 0.25) is 5.72 Å². The van der Waals surface area contributed by atoms with Gasteiger partial charge in [0.15, 0.2) is 0 Å². The molecule has 1 N–H and O–H groups in total. The van der Waals surface area contributed by atoms with Crippen molar-refractivity contribution in [3.8, 4) is 17.0 Å². The molecule has 3 aromatic rings. The third-order valence-corrected chi connectivity index (χ3v) is 5.14. The number of hydrogen-bond donors (Lipinski definition) is 1. The summed E-state index contributed by atoms with van der Waals surface area (Å²) < 4.78 is 58.8. The Morgan fingerprint density at radius 3 is 2.56 bits per heavy atom. The standard InChI is InChI=1S/C22H17F4N3O3/c1-32-13-6-4-5-12(9-13)17-10-15(14-7-2-3-8-16(14)27-17)20(30)29-22(31,21(25)26)11-18(28-29)19(23)24/h2-10,19,21,31H,11H2,1H3. The maximum Gasteiger partial charge on any atom is 0.287 e. The van der Waals surface area contributed by atoms with E-state index in [1.165, 1.54) is 13.2 Å². The highest BCUT2D eigenvalue weighted by molar-refractivity contribution is 6.08. The van der Waals surface area contributed by atoms with Crippen molar-refractivity contribution in [2.45, 2.75) is 25.0 Å². The molecule has 166 valence electrons. The van der Waals surface area contributed by atoms with Crippen LogP contribution in [0.25, 0.3) is 22.2 Å². The third-order valence-electron chi connectivity index (χ3n) is 5.14. The Balaban J connectivity index is 1.88. The fraction of sp³-hybridized carbons (Fsp3) is 0.227. The number of fused-ring (bicyclic) bond motifs is 1. The van der Waals surface area contributed by atoms with Crippen LogP contribution in [-0.4, -0.2) is 52.4 Å². The summed E-state index contributed by atoms with van der Waals surface area (Å²) in [7, 11) is 1.49. The molecule has 1 atom stereocenters. The molecule has 0 spiro atoms. The monoisotopic (exact) mass is 447 g/mol. The van der Waals surface area contributed by atoms with Crippen molar-refractivity contribution in [3.63, 3.8) is 0 Å². The Bertz CT molecular complexity index is 1220. The van der Waals surface area contributed by atoms with Crippen LogP contribution in [0.3, 0.4) is 0 Å². The van der Waals surface area contributed by atoms with Crippen LogP contribution in [0.15, 0.2) is 59.7 Å². The molecular weight excluding hydrogens is 430 g/mol. The van der Waals surface area contributed by atoms with Crippen LogP contribution in [0.1, 0.15) is 16.8 Å². The Labute approximate surface area is 179 Å². The summed E-state index contributed by atoms with van der Waals surface area (Å²) in [5.74, 6) is -0.616. The van der Waals surface area contributed by atoms with E-state index in [9.17, 15) is 27.5 Å². The van der Waals surface area contributed by atoms with Crippen LogP contribution in [0.2, 0.25) is 0 Å². The minimum absolute atomic E-state index is 0.0519. The van der Waals surface area contributed by atoms with Crippen LogP contribution >= 0.6 is 0 Å². The van der Waals surface area contributed by atoms with E-state index in [0.717, 1.165) is 0 Å². The second kappa shape index (κ2) is 8.19. The van der Waals surface area contributed by atoms with Gasteiger partial charge in [-0.1, -0.05) is 30.3 Å². The molecule has 10 heteroatoms. The van der Waals surface area contributed by atoms with Crippen molar-refractivity contribution in [1.29, 1.82) is 0 Å². The Kier molecular flexibility index (Phi) is 5.55. The largest absolute Gasteiger partial charge is 0.497 e. The van der Waals surface area contributed by atoms with Crippen molar-refractivity contribution in [2.75, 3.05) is 7.11 Å². The SMILES string of the molecule is COc1cccc(-c2cc(C(=O)N3N=C(C(F)F)CC3(O)C(F)F)c3ccccc3n2)c1. The van der Waals surface area contributed by atoms with Crippen LogP contribution in [0.5, 0.6) is 5.75 Å². The smallest absolute Gasteiger partial charge is 0.287 e. The average Bonchev–Trinajstić information content (AvgIpc) is 3.17. The number of rotatable bonds is 5. The van der Waals surface area contributed by atoms with E-state index in [4.69, 9.17) is 4.74 Å². The zero-order valence-corrected chi connectivity index (χ0v) is 16.7. The topological polar surface area (TPSA) is 75.0 Å². The van der Waals surface area contributed by atoms with Gasteiger partial charge in [0.05, 0.1) is 23.9 Å². The average molecular weight is 447 g/mol. The molecule has 1 aromatic heterocycles. The van der Waals surface area contributed by atoms with Gasteiger partial charge in [0, 0.05) is 17.4 Å². The zero-order valence-electron chi connectivity index (χ0n) is 16.7. The molecule has 6 nitrogen and oxygen atoms in total. The number of amides is 1. The number of hydrogen-bond acceptors (Lipinski definition) is 5. The van der Waals surface area contributed by atoms with E-state index in [-0.39, 0.29) is 10.6 Å². The lowest BCUT2D eigenvalue weighted by Gasteiger charge is -2.30. The summed E-state index contributed by atoms with van der Waals surface area (Å²) in [6, 6.07) is 14.6. The number of carbonyl (C=O) groups excluding carboxylic acids is 1. The number of halogens is 4. The van der Waals surface area contributed by atoms with Gasteiger partial charge in [-0.15, -0.1) is 0 Å². The van der Waals surface area contributed by atoms with Gasteiger partial charge in [0.1, 0.15) is 11.5 Å². The molecule has 32 heavy (non-hydrogen) atoms. The lowest BCUT2D eigenvalue weighted by atomic mass is 10.0. The number of hydrazone groups is 1. The van der Waals surface area contributed by atoms with Crippen molar-refractivity contribution in [1.82, 2.24) is 9.99 Å². The van der Waals surface area contributed by atoms with Crippen molar-refractivity contribution < 1.29 is 32.2 Å². The van der Waals surface area contributed by atoms with Gasteiger partial charge in [-0.3, -0.25) is 4.79 Å². The first-order valence-electron chi connectivity index (χ1n) is 9.49. The molecule has 1 aliphatic heterocycles. The zero-order chi connectivity index (χ0) is 23.0. The van der Waals surface area contributed by atoms with E-state index in [1.807, 2.05) is 0 Å². The summed E-state index contributed by atoms with van der Waals surface area (Å²) >= 11 is 0. The predicted octanol–water partition coefficient (Wildman–Crippen LogP) is 4.33. The highest BCUT2D eigenvalue weighted by Gasteiger charge is 2.53. The molecule has 0 bridgehead atoms. The van der Waals surface area contributed by atoms with E-state index in [0.29, 0.717) is 27.9 Å². The molecule has 0 fully saturated rings. The number of nitrogens with zero attached hydrogens (tertiary/aromatic N) is 3. The van der Waals surface area contributed by atoms with Gasteiger partial charge >= 0.3 is 0 Å². The quantitative estimate of drug-likeness (QED) is 0.591. The normalized spacial score (nSPS) is 18.5. The summed E-state index contributed by atoms with van der Waals surface area (Å²) in [4.78, 5) is 17.8. The second-order valence-corrected chi connectivity index (χ2v) is 7.17. The van der Waals surface area contributed by atoms with Crippen molar-refractivity contribution in [2.24, 2.45) is 5.10 Å². The van der Waals surface area contributed by atoms with E-state index in [2.05, 4.69) is 10.1 Å². The first-order chi connectivity index (χ1) is 15.2. The minimum Gasteiger partial charge on any atom is -0.497 e. The predicted molar refractivity (Wildman–Crippen MR) is 109 cm³/mol. The molecule has 0 saturated heterocycles. The Morgan fingerprint density at radius 2 is 1.88 bits per heavy atom. The number of aliphatic hydroxyl groups is 1. The van der Waals surface area contributed by atoms with Crippen molar-refractivity contribution >= 4 is 22.5 Å². The molecule has 0 aliphatic carbocycles. The van der Waals surface area contributed by atoms with Gasteiger partial charge in [-0.2, -0.15) is 10.1 Å². The fourth-order valence-electron chi connectivity index (χ4n) is 3.50. The number of alkyl halides is 4. The van der Waals surface area contributed by atoms with Gasteiger partial charge < -0.3 is 9.84 Å². The first-order valence-corrected chi connectivity index (χ1v) is 9.49. The third kappa shape index (κ3) is 3.66. The molecule has 2 aromatic carbocycles. The molecule has 1 amide bonds. The maximum atomic E-state index is 13.6. The van der Waals surface area contributed by atoms with Crippen molar-refractivity contribution in [3.05, 3.63) is 60.2 Å². The number of ether oxygens (including phenoxy) is 1. The number of para-hydroxylation sites is 1. The van der Waals surface area contributed by atoms with E-state index in [1.54, 1.807) is 48.5 Å². The Morgan fingerprint density at radius 1 is 1.12 bits per heavy atom. The maximum absolute atomic E-state index is 13.6. The summed E-state index contributed by atoms with van der Waals surface area (Å²) in [6.45, 7) is 0. The lowest BCUT2D eigenvalue weighted by molar-refractivity contribution is -0.164. The van der Waals surface area contributed by atoms with Crippen LogP contribution in [0.4, 0.5) is 17.6 Å². The number of benzene rings is 2. The number of aromatic nitrogens is 1. The van der Waals surface area contributed by atoms with E-state index < -0.39 is 36.6 Å². The first kappa shape index (κ1) is 21.7. The molecule has 1 aliphatic rings. The number of methoxy groups -OCH3 is 1. The summed E-state index contributed by atoms with van der Waals surface area (Å²) in [6.07, 6.45) is -7.86. The van der Waals surface area contributed by atoms with Crippen LogP contribution < -0.4 is 4.74 Å². The van der Waals surface area contributed by atoms with Crippen LogP contribution in [-0.2, 0) is 0 Å². The number of carbonyl (C=O) groups is 1. The van der Waals surface area contributed by atoms with Gasteiger partial charge in [-0.05, 0) is 24.3 Å². The van der Waals surface area contributed by atoms with Gasteiger partial charge in [0.25, 0.3) is 18.8 Å². The number of pyridine rings is 1.